The van der Waals surface area contributed by atoms with Gasteiger partial charge in [0.2, 0.25) is 11.5 Å². The fourth-order valence-electron chi connectivity index (χ4n) is 3.52. The molecule has 31 heavy (non-hydrogen) atoms. The summed E-state index contributed by atoms with van der Waals surface area (Å²) in [6, 6.07) is 16.3. The molecule has 0 amide bonds. The average Bonchev–Trinajstić information content (AvgIpc) is 2.77. The lowest BCUT2D eigenvalue weighted by atomic mass is 9.99. The third-order valence-corrected chi connectivity index (χ3v) is 5.04. The molecule has 0 fully saturated rings. The Labute approximate surface area is 175 Å². The van der Waals surface area contributed by atoms with Gasteiger partial charge < -0.3 is 0 Å². The molecule has 0 saturated carbocycles. The number of nitrogens with zero attached hydrogens (tertiary/aromatic N) is 2. The first kappa shape index (κ1) is 20.7. The van der Waals surface area contributed by atoms with Crippen molar-refractivity contribution in [2.24, 2.45) is 7.05 Å². The SMILES string of the molecule is Cc1ccccc1-c1c(-c2ccccc2)nc(-c2c(F)c(F)c(F)c(F)c2F)c[n+]1C. The molecule has 4 aromatic rings. The molecular formula is C24H16F5N2+. The quantitative estimate of drug-likeness (QED) is 0.172. The van der Waals surface area contributed by atoms with Crippen LogP contribution in [0.2, 0.25) is 0 Å². The van der Waals surface area contributed by atoms with E-state index < -0.39 is 34.6 Å². The van der Waals surface area contributed by atoms with Crippen LogP contribution in [0.4, 0.5) is 22.0 Å². The molecule has 2 nitrogen and oxygen atoms in total. The lowest BCUT2D eigenvalue weighted by Crippen LogP contribution is -2.33. The molecule has 0 bridgehead atoms. The molecule has 4 rings (SSSR count). The van der Waals surface area contributed by atoms with Crippen molar-refractivity contribution in [1.82, 2.24) is 4.98 Å². The summed E-state index contributed by atoms with van der Waals surface area (Å²) in [5, 5.41) is 0. The number of aromatic nitrogens is 2. The Bertz CT molecular complexity index is 1270. The van der Waals surface area contributed by atoms with Gasteiger partial charge in [-0.05, 0) is 18.6 Å². The Balaban J connectivity index is 2.08. The second-order valence-electron chi connectivity index (χ2n) is 7.06. The third-order valence-electron chi connectivity index (χ3n) is 5.04. The molecular weight excluding hydrogens is 411 g/mol. The van der Waals surface area contributed by atoms with Crippen molar-refractivity contribution in [3.05, 3.63) is 95.4 Å². The van der Waals surface area contributed by atoms with Crippen molar-refractivity contribution in [2.75, 3.05) is 0 Å². The minimum atomic E-state index is -2.21. The van der Waals surface area contributed by atoms with E-state index in [1.54, 1.807) is 41.9 Å². The van der Waals surface area contributed by atoms with Crippen LogP contribution in [-0.2, 0) is 7.05 Å². The van der Waals surface area contributed by atoms with Crippen LogP contribution in [0.15, 0.2) is 60.8 Å². The van der Waals surface area contributed by atoms with Gasteiger partial charge in [0.15, 0.2) is 29.5 Å². The Morgan fingerprint density at radius 2 is 1.26 bits per heavy atom. The minimum absolute atomic E-state index is 0.346. The van der Waals surface area contributed by atoms with Gasteiger partial charge >= 0.3 is 0 Å². The Morgan fingerprint density at radius 1 is 0.710 bits per heavy atom. The van der Waals surface area contributed by atoms with Crippen molar-refractivity contribution in [3.63, 3.8) is 0 Å². The number of hydrogen-bond acceptors (Lipinski definition) is 1. The van der Waals surface area contributed by atoms with E-state index in [2.05, 4.69) is 4.98 Å². The van der Waals surface area contributed by atoms with Gasteiger partial charge in [0.05, 0.1) is 11.1 Å². The van der Waals surface area contributed by atoms with Gasteiger partial charge in [-0.15, -0.1) is 0 Å². The number of halogens is 5. The zero-order valence-corrected chi connectivity index (χ0v) is 16.6. The maximum absolute atomic E-state index is 14.5. The lowest BCUT2D eigenvalue weighted by molar-refractivity contribution is -0.659. The maximum atomic E-state index is 14.5. The van der Waals surface area contributed by atoms with Crippen LogP contribution >= 0.6 is 0 Å². The smallest absolute Gasteiger partial charge is 0.234 e. The summed E-state index contributed by atoms with van der Waals surface area (Å²) < 4.78 is 71.7. The van der Waals surface area contributed by atoms with Crippen molar-refractivity contribution < 1.29 is 26.5 Å². The predicted octanol–water partition coefficient (Wildman–Crippen LogP) is 5.91. The van der Waals surface area contributed by atoms with E-state index in [9.17, 15) is 22.0 Å². The summed E-state index contributed by atoms with van der Waals surface area (Å²) in [4.78, 5) is 4.37. The summed E-state index contributed by atoms with van der Waals surface area (Å²) in [6.07, 6.45) is 1.26. The Kier molecular flexibility index (Phi) is 5.27. The van der Waals surface area contributed by atoms with Crippen molar-refractivity contribution in [1.29, 1.82) is 0 Å². The van der Waals surface area contributed by atoms with Gasteiger partial charge in [0, 0.05) is 5.56 Å². The molecule has 1 heterocycles. The van der Waals surface area contributed by atoms with Gasteiger partial charge in [0.25, 0.3) is 0 Å². The molecule has 0 spiro atoms. The Hall–Kier alpha value is -3.61. The van der Waals surface area contributed by atoms with Gasteiger partial charge in [-0.3, -0.25) is 0 Å². The molecule has 0 unspecified atom stereocenters. The van der Waals surface area contributed by atoms with E-state index >= 15 is 0 Å². The van der Waals surface area contributed by atoms with E-state index in [-0.39, 0.29) is 5.69 Å². The monoisotopic (exact) mass is 427 g/mol. The first-order chi connectivity index (χ1) is 14.8. The van der Waals surface area contributed by atoms with E-state index in [1.807, 2.05) is 31.2 Å². The Morgan fingerprint density at radius 3 is 1.87 bits per heavy atom. The maximum Gasteiger partial charge on any atom is 0.239 e. The zero-order chi connectivity index (χ0) is 22.3. The molecule has 0 saturated heterocycles. The van der Waals surface area contributed by atoms with Crippen LogP contribution in [0, 0.1) is 36.0 Å². The molecule has 0 aliphatic rings. The largest absolute Gasteiger partial charge is 0.239 e. The summed E-state index contributed by atoms with van der Waals surface area (Å²) in [6.45, 7) is 1.90. The number of aryl methyl sites for hydroxylation is 2. The zero-order valence-electron chi connectivity index (χ0n) is 16.6. The lowest BCUT2D eigenvalue weighted by Gasteiger charge is -2.13. The molecule has 0 atom stereocenters. The average molecular weight is 427 g/mol. The molecule has 156 valence electrons. The van der Waals surface area contributed by atoms with Gasteiger partial charge in [-0.2, -0.15) is 4.57 Å². The van der Waals surface area contributed by atoms with Crippen LogP contribution in [0.1, 0.15) is 5.56 Å². The van der Waals surface area contributed by atoms with Crippen LogP contribution in [0.5, 0.6) is 0 Å². The molecule has 0 N–H and O–H groups in total. The van der Waals surface area contributed by atoms with Crippen LogP contribution in [0.25, 0.3) is 33.8 Å². The van der Waals surface area contributed by atoms with E-state index in [4.69, 9.17) is 0 Å². The molecule has 0 radical (unpaired) electrons. The molecule has 1 aromatic heterocycles. The first-order valence-electron chi connectivity index (χ1n) is 9.35. The van der Waals surface area contributed by atoms with Crippen LogP contribution in [-0.4, -0.2) is 4.98 Å². The molecule has 0 aliphatic carbocycles. The van der Waals surface area contributed by atoms with Gasteiger partial charge in [-0.1, -0.05) is 48.5 Å². The highest BCUT2D eigenvalue weighted by atomic mass is 19.2. The standard InChI is InChI=1S/C24H16F5N2/c1-13-8-6-7-11-15(13)24-23(14-9-4-3-5-10-14)30-16(12-31(24)2)17-18(25)20(27)22(29)21(28)19(17)26/h3-12H,1-2H3/q+1. The minimum Gasteiger partial charge on any atom is -0.234 e. The molecule has 7 heteroatoms. The van der Waals surface area contributed by atoms with E-state index in [0.717, 1.165) is 11.1 Å². The van der Waals surface area contributed by atoms with Crippen molar-refractivity contribution in [3.8, 4) is 33.8 Å². The van der Waals surface area contributed by atoms with Crippen LogP contribution in [0.3, 0.4) is 0 Å². The normalized spacial score (nSPS) is 11.1. The highest BCUT2D eigenvalue weighted by Crippen LogP contribution is 2.34. The highest BCUT2D eigenvalue weighted by Gasteiger charge is 2.31. The highest BCUT2D eigenvalue weighted by molar-refractivity contribution is 5.79. The summed E-state index contributed by atoms with van der Waals surface area (Å²) in [5.74, 6) is -10.1. The first-order valence-corrected chi connectivity index (χ1v) is 9.35. The fourth-order valence-corrected chi connectivity index (χ4v) is 3.52. The van der Waals surface area contributed by atoms with Crippen molar-refractivity contribution in [2.45, 2.75) is 6.92 Å². The summed E-state index contributed by atoms with van der Waals surface area (Å²) in [7, 11) is 1.63. The number of benzene rings is 3. The van der Waals surface area contributed by atoms with E-state index in [1.165, 1.54) is 6.20 Å². The third kappa shape index (κ3) is 3.46. The second-order valence-corrected chi connectivity index (χ2v) is 7.06. The van der Waals surface area contributed by atoms with Gasteiger partial charge in [0.1, 0.15) is 18.4 Å². The molecule has 0 aliphatic heterocycles. The topological polar surface area (TPSA) is 16.8 Å². The second kappa shape index (κ2) is 7.91. The molecule has 3 aromatic carbocycles. The summed E-state index contributed by atoms with van der Waals surface area (Å²) >= 11 is 0. The van der Waals surface area contributed by atoms with Crippen molar-refractivity contribution >= 4 is 0 Å². The van der Waals surface area contributed by atoms with Crippen LogP contribution < -0.4 is 4.57 Å². The predicted molar refractivity (Wildman–Crippen MR) is 106 cm³/mol. The number of hydrogen-bond donors (Lipinski definition) is 0. The van der Waals surface area contributed by atoms with E-state index in [0.29, 0.717) is 17.0 Å². The number of rotatable bonds is 3. The van der Waals surface area contributed by atoms with Gasteiger partial charge in [-0.25, -0.2) is 26.9 Å². The summed E-state index contributed by atoms with van der Waals surface area (Å²) in [5.41, 5.74) is 1.92. The fraction of sp³-hybridized carbons (Fsp3) is 0.0833.